The number of H-pyrrole nitrogens is 1. The summed E-state index contributed by atoms with van der Waals surface area (Å²) in [7, 11) is -3.92. The highest BCUT2D eigenvalue weighted by molar-refractivity contribution is 7.89. The summed E-state index contributed by atoms with van der Waals surface area (Å²) in [6.45, 7) is 6.97. The zero-order valence-corrected chi connectivity index (χ0v) is 23.2. The topological polar surface area (TPSA) is 112 Å². The van der Waals surface area contributed by atoms with E-state index in [-0.39, 0.29) is 16.9 Å². The Labute approximate surface area is 227 Å². The van der Waals surface area contributed by atoms with Crippen molar-refractivity contribution in [1.29, 1.82) is 0 Å². The van der Waals surface area contributed by atoms with Crippen LogP contribution in [0, 0.1) is 0 Å². The normalized spacial score (nSPS) is 18.5. The van der Waals surface area contributed by atoms with E-state index in [1.54, 1.807) is 22.1 Å². The second kappa shape index (κ2) is 9.91. The zero-order chi connectivity index (χ0) is 27.2. The summed E-state index contributed by atoms with van der Waals surface area (Å²) in [5.41, 5.74) is 2.85. The van der Waals surface area contributed by atoms with Crippen LogP contribution in [0.15, 0.2) is 47.5 Å². The quantitative estimate of drug-likeness (QED) is 0.486. The number of rotatable bonds is 4. The molecule has 2 aromatic carbocycles. The van der Waals surface area contributed by atoms with Crippen LogP contribution < -0.4 is 9.62 Å². The Hall–Kier alpha value is -3.08. The highest BCUT2D eigenvalue weighted by Gasteiger charge is 2.36. The predicted octanol–water partition coefficient (Wildman–Crippen LogP) is 4.59. The molecule has 0 radical (unpaired) electrons. The van der Waals surface area contributed by atoms with Crippen molar-refractivity contribution in [2.75, 3.05) is 18.0 Å². The van der Waals surface area contributed by atoms with Gasteiger partial charge in [0.15, 0.2) is 0 Å². The van der Waals surface area contributed by atoms with Gasteiger partial charge in [-0.25, -0.2) is 13.2 Å². The Morgan fingerprint density at radius 3 is 2.68 bits per heavy atom. The molecule has 1 atom stereocenters. The van der Waals surface area contributed by atoms with Crippen molar-refractivity contribution < 1.29 is 22.7 Å². The van der Waals surface area contributed by atoms with E-state index in [0.717, 1.165) is 35.0 Å². The number of aromatic amines is 1. The number of hydrogen-bond acceptors (Lipinski definition) is 5. The maximum Gasteiger partial charge on any atom is 0.410 e. The van der Waals surface area contributed by atoms with Crippen molar-refractivity contribution in [3.63, 3.8) is 0 Å². The van der Waals surface area contributed by atoms with Gasteiger partial charge >= 0.3 is 6.09 Å². The first kappa shape index (κ1) is 26.5. The highest BCUT2D eigenvalue weighted by Crippen LogP contribution is 2.29. The first-order valence-electron chi connectivity index (χ1n) is 12.6. The van der Waals surface area contributed by atoms with Crippen molar-refractivity contribution >= 4 is 50.2 Å². The van der Waals surface area contributed by atoms with Gasteiger partial charge in [0.2, 0.25) is 15.9 Å². The number of nitrogens with zero attached hydrogens (tertiary/aromatic N) is 2. The molecule has 3 aromatic rings. The molecule has 2 aliphatic heterocycles. The van der Waals surface area contributed by atoms with E-state index in [4.69, 9.17) is 16.3 Å². The number of amides is 2. The van der Waals surface area contributed by atoms with Crippen LogP contribution >= 0.6 is 11.6 Å². The fraction of sp³-hybridized carbons (Fsp3) is 0.407. The van der Waals surface area contributed by atoms with Crippen molar-refractivity contribution in [3.8, 4) is 0 Å². The molecule has 5 rings (SSSR count). The lowest BCUT2D eigenvalue weighted by molar-refractivity contribution is -0.118. The van der Waals surface area contributed by atoms with Crippen molar-refractivity contribution in [1.82, 2.24) is 14.6 Å². The van der Waals surface area contributed by atoms with E-state index >= 15 is 0 Å². The molecule has 0 aliphatic carbocycles. The van der Waals surface area contributed by atoms with E-state index in [1.807, 2.05) is 39.0 Å². The standard InChI is InChI=1S/C27H31ClN4O5S/c1-27(2,3)37-26(34)31-11-4-5-17-13-19(7-6-18(17)16-31)32-12-10-23(25(32)33)30-38(35,36)20-8-9-21-22(28)15-29-24(21)14-20/h6-9,13-15,23,29-30H,4-5,10-12,16H2,1-3H3/t23-/m0/s1. The van der Waals surface area contributed by atoms with Crippen LogP contribution in [-0.4, -0.2) is 55.0 Å². The van der Waals surface area contributed by atoms with E-state index in [1.165, 1.54) is 12.1 Å². The molecular formula is C27H31ClN4O5S. The van der Waals surface area contributed by atoms with E-state index in [0.29, 0.717) is 36.6 Å². The van der Waals surface area contributed by atoms with Gasteiger partial charge in [-0.3, -0.25) is 4.79 Å². The number of carbonyl (C=O) groups is 2. The number of aromatic nitrogens is 1. The van der Waals surface area contributed by atoms with Gasteiger partial charge in [-0.2, -0.15) is 4.72 Å². The second-order valence-corrected chi connectivity index (χ2v) is 12.9. The van der Waals surface area contributed by atoms with Crippen LogP contribution in [0.2, 0.25) is 5.02 Å². The number of halogens is 1. The third-order valence-corrected chi connectivity index (χ3v) is 8.59. The Kier molecular flexibility index (Phi) is 6.91. The van der Waals surface area contributed by atoms with Crippen LogP contribution in [-0.2, 0) is 32.5 Å². The number of fused-ring (bicyclic) bond motifs is 2. The molecule has 1 saturated heterocycles. The van der Waals surface area contributed by atoms with Gasteiger partial charge in [0.1, 0.15) is 11.6 Å². The molecule has 1 aromatic heterocycles. The molecule has 2 N–H and O–H groups in total. The zero-order valence-electron chi connectivity index (χ0n) is 21.6. The van der Waals surface area contributed by atoms with Gasteiger partial charge in [0.25, 0.3) is 0 Å². The Morgan fingerprint density at radius 1 is 1.13 bits per heavy atom. The summed E-state index contributed by atoms with van der Waals surface area (Å²) in [6.07, 6.45) is 3.17. The summed E-state index contributed by atoms with van der Waals surface area (Å²) in [5.74, 6) is -0.290. The minimum absolute atomic E-state index is 0.0642. The molecule has 3 heterocycles. The van der Waals surface area contributed by atoms with Crippen molar-refractivity contribution in [2.45, 2.75) is 63.1 Å². The van der Waals surface area contributed by atoms with E-state index < -0.39 is 21.7 Å². The third-order valence-electron chi connectivity index (χ3n) is 6.80. The summed E-state index contributed by atoms with van der Waals surface area (Å²) in [6, 6.07) is 9.55. The number of benzene rings is 2. The highest BCUT2D eigenvalue weighted by atomic mass is 35.5. The van der Waals surface area contributed by atoms with Gasteiger partial charge < -0.3 is 19.5 Å². The predicted molar refractivity (Wildman–Crippen MR) is 146 cm³/mol. The summed E-state index contributed by atoms with van der Waals surface area (Å²) >= 11 is 6.10. The van der Waals surface area contributed by atoms with Crippen molar-refractivity contribution in [3.05, 3.63) is 58.7 Å². The van der Waals surface area contributed by atoms with Gasteiger partial charge in [0, 0.05) is 42.4 Å². The maximum absolute atomic E-state index is 13.2. The summed E-state index contributed by atoms with van der Waals surface area (Å²) in [5, 5.41) is 1.24. The molecule has 0 saturated carbocycles. The molecular weight excluding hydrogens is 528 g/mol. The third kappa shape index (κ3) is 5.39. The van der Waals surface area contributed by atoms with Crippen LogP contribution in [0.4, 0.5) is 10.5 Å². The second-order valence-electron chi connectivity index (χ2n) is 10.8. The molecule has 2 aliphatic rings. The number of hydrogen-bond donors (Lipinski definition) is 2. The smallest absolute Gasteiger partial charge is 0.410 e. The SMILES string of the molecule is CC(C)(C)OC(=O)N1CCCc2cc(N3CC[C@H](NS(=O)(=O)c4ccc5c(Cl)c[nH]c5c4)C3=O)ccc2C1. The lowest BCUT2D eigenvalue weighted by Crippen LogP contribution is -2.41. The molecule has 202 valence electrons. The summed E-state index contributed by atoms with van der Waals surface area (Å²) < 4.78 is 34.2. The monoisotopic (exact) mass is 558 g/mol. The van der Waals surface area contributed by atoms with Crippen LogP contribution in [0.25, 0.3) is 10.9 Å². The van der Waals surface area contributed by atoms with Gasteiger partial charge in [0.05, 0.1) is 9.92 Å². The van der Waals surface area contributed by atoms with Crippen LogP contribution in [0.1, 0.15) is 44.7 Å². The number of anilines is 1. The largest absolute Gasteiger partial charge is 0.444 e. The van der Waals surface area contributed by atoms with Crippen molar-refractivity contribution in [2.24, 2.45) is 0 Å². The molecule has 2 amide bonds. The molecule has 9 nitrogen and oxygen atoms in total. The number of carbonyl (C=O) groups excluding carboxylic acids is 2. The lowest BCUT2D eigenvalue weighted by atomic mass is 10.0. The lowest BCUT2D eigenvalue weighted by Gasteiger charge is -2.26. The summed E-state index contributed by atoms with van der Waals surface area (Å²) in [4.78, 5) is 32.2. The minimum Gasteiger partial charge on any atom is -0.444 e. The molecule has 1 fully saturated rings. The fourth-order valence-electron chi connectivity index (χ4n) is 4.93. The average molecular weight is 559 g/mol. The van der Waals surface area contributed by atoms with E-state index in [2.05, 4.69) is 9.71 Å². The van der Waals surface area contributed by atoms with Crippen LogP contribution in [0.3, 0.4) is 0 Å². The Bertz CT molecular complexity index is 1510. The van der Waals surface area contributed by atoms with Crippen LogP contribution in [0.5, 0.6) is 0 Å². The maximum atomic E-state index is 13.2. The minimum atomic E-state index is -3.92. The molecule has 0 unspecified atom stereocenters. The van der Waals surface area contributed by atoms with Gasteiger partial charge in [-0.05, 0) is 81.5 Å². The number of nitrogens with one attached hydrogen (secondary N) is 2. The Morgan fingerprint density at radius 2 is 1.92 bits per heavy atom. The number of sulfonamides is 1. The molecule has 38 heavy (non-hydrogen) atoms. The number of ether oxygens (including phenoxy) is 1. The Balaban J connectivity index is 1.29. The van der Waals surface area contributed by atoms with Gasteiger partial charge in [-0.15, -0.1) is 0 Å². The van der Waals surface area contributed by atoms with Gasteiger partial charge in [-0.1, -0.05) is 17.7 Å². The molecule has 0 bridgehead atoms. The van der Waals surface area contributed by atoms with E-state index in [9.17, 15) is 18.0 Å². The first-order chi connectivity index (χ1) is 17.9. The fourth-order valence-corrected chi connectivity index (χ4v) is 6.40. The number of aryl methyl sites for hydroxylation is 1. The molecule has 11 heteroatoms. The molecule has 0 spiro atoms. The average Bonchev–Trinajstić information content (AvgIpc) is 3.30. The first-order valence-corrected chi connectivity index (χ1v) is 14.5.